The number of benzene rings is 1. The Balaban J connectivity index is 2.58. The first-order valence-electron chi connectivity index (χ1n) is 5.71. The summed E-state index contributed by atoms with van der Waals surface area (Å²) in [4.78, 5) is 0. The number of halogens is 4. The van der Waals surface area contributed by atoms with Crippen LogP contribution in [0.3, 0.4) is 0 Å². The molecule has 2 rings (SSSR count). The van der Waals surface area contributed by atoms with Crippen molar-refractivity contribution < 1.29 is 8.78 Å². The van der Waals surface area contributed by atoms with E-state index in [0.717, 1.165) is 18.6 Å². The number of hydrogen-bond acceptors (Lipinski definition) is 2. The summed E-state index contributed by atoms with van der Waals surface area (Å²) in [6.07, 6.45) is 0.798. The largest absolute Gasteiger partial charge is 0.310 e. The maximum atomic E-state index is 13.9. The molecule has 7 heteroatoms. The Morgan fingerprint density at radius 1 is 1.21 bits per heavy atom. The molecule has 0 spiro atoms. The quantitative estimate of drug-likeness (QED) is 0.631. The molecule has 1 heterocycles. The Labute approximate surface area is 119 Å². The van der Waals surface area contributed by atoms with Crippen LogP contribution in [0.15, 0.2) is 12.1 Å². The standard InChI is InChI=1S/C12H11Cl2F2N3/c1-2-3-19-11(6-13)17-18-12(19)7-4-10(16)8(14)5-9(7)15/h4-5H,2-3,6H2,1H3. The predicted molar refractivity (Wildman–Crippen MR) is 70.2 cm³/mol. The first-order valence-corrected chi connectivity index (χ1v) is 6.62. The van der Waals surface area contributed by atoms with Crippen LogP contribution in [-0.4, -0.2) is 14.8 Å². The highest BCUT2D eigenvalue weighted by Gasteiger charge is 2.18. The Hall–Kier alpha value is -1.20. The minimum atomic E-state index is -0.698. The molecule has 1 aromatic carbocycles. The van der Waals surface area contributed by atoms with E-state index < -0.39 is 11.6 Å². The molecule has 0 fully saturated rings. The van der Waals surface area contributed by atoms with Crippen molar-refractivity contribution in [2.75, 3.05) is 0 Å². The molecule has 0 radical (unpaired) electrons. The van der Waals surface area contributed by atoms with Crippen molar-refractivity contribution in [1.29, 1.82) is 0 Å². The van der Waals surface area contributed by atoms with Crippen molar-refractivity contribution in [3.05, 3.63) is 34.6 Å². The summed E-state index contributed by atoms with van der Waals surface area (Å²) in [6, 6.07) is 1.95. The maximum absolute atomic E-state index is 13.9. The average Bonchev–Trinajstić information content (AvgIpc) is 2.77. The molecule has 0 saturated heterocycles. The highest BCUT2D eigenvalue weighted by molar-refractivity contribution is 6.30. The van der Waals surface area contributed by atoms with Crippen LogP contribution in [0, 0.1) is 11.6 Å². The van der Waals surface area contributed by atoms with Crippen molar-refractivity contribution in [3.63, 3.8) is 0 Å². The summed E-state index contributed by atoms with van der Waals surface area (Å²) in [5.41, 5.74) is 0.0271. The van der Waals surface area contributed by atoms with Crippen LogP contribution in [0.25, 0.3) is 11.4 Å². The van der Waals surface area contributed by atoms with Crippen LogP contribution >= 0.6 is 23.2 Å². The van der Waals surface area contributed by atoms with Gasteiger partial charge in [0.25, 0.3) is 0 Å². The van der Waals surface area contributed by atoms with Gasteiger partial charge >= 0.3 is 0 Å². The van der Waals surface area contributed by atoms with E-state index in [1.807, 2.05) is 6.92 Å². The van der Waals surface area contributed by atoms with E-state index in [-0.39, 0.29) is 22.3 Å². The van der Waals surface area contributed by atoms with E-state index in [2.05, 4.69) is 10.2 Å². The first kappa shape index (κ1) is 14.2. The van der Waals surface area contributed by atoms with Gasteiger partial charge in [-0.25, -0.2) is 8.78 Å². The lowest BCUT2D eigenvalue weighted by atomic mass is 10.2. The molecular weight excluding hydrogens is 295 g/mol. The zero-order chi connectivity index (χ0) is 14.0. The van der Waals surface area contributed by atoms with Crippen molar-refractivity contribution in [2.24, 2.45) is 0 Å². The fourth-order valence-electron chi connectivity index (χ4n) is 1.79. The first-order chi connectivity index (χ1) is 9.08. The molecule has 102 valence electrons. The lowest BCUT2D eigenvalue weighted by Gasteiger charge is -2.09. The van der Waals surface area contributed by atoms with E-state index in [9.17, 15) is 8.78 Å². The van der Waals surface area contributed by atoms with Crippen molar-refractivity contribution >= 4 is 23.2 Å². The van der Waals surface area contributed by atoms with Crippen LogP contribution in [-0.2, 0) is 12.4 Å². The van der Waals surface area contributed by atoms with Gasteiger partial charge in [-0.3, -0.25) is 0 Å². The zero-order valence-corrected chi connectivity index (χ0v) is 11.6. The SMILES string of the molecule is CCCn1c(CCl)nnc1-c1cc(F)c(Cl)cc1F. The molecule has 0 unspecified atom stereocenters. The topological polar surface area (TPSA) is 30.7 Å². The lowest BCUT2D eigenvalue weighted by Crippen LogP contribution is -2.05. The van der Waals surface area contributed by atoms with Crippen molar-refractivity contribution in [1.82, 2.24) is 14.8 Å². The molecule has 1 aromatic heterocycles. The van der Waals surface area contributed by atoms with Gasteiger partial charge in [0, 0.05) is 6.54 Å². The number of alkyl halides is 1. The minimum Gasteiger partial charge on any atom is -0.310 e. The lowest BCUT2D eigenvalue weighted by molar-refractivity contribution is 0.598. The van der Waals surface area contributed by atoms with Gasteiger partial charge in [0.15, 0.2) is 5.82 Å². The molecule has 3 nitrogen and oxygen atoms in total. The molecule has 0 bridgehead atoms. The van der Waals surface area contributed by atoms with Crippen LogP contribution < -0.4 is 0 Å². The second-order valence-corrected chi connectivity index (χ2v) is 4.65. The van der Waals surface area contributed by atoms with Gasteiger partial charge in [0.2, 0.25) is 0 Å². The Morgan fingerprint density at radius 2 is 1.95 bits per heavy atom. The second-order valence-electron chi connectivity index (χ2n) is 3.97. The molecule has 2 aromatic rings. The van der Waals surface area contributed by atoms with Gasteiger partial charge in [-0.05, 0) is 18.6 Å². The number of nitrogens with zero attached hydrogens (tertiary/aromatic N) is 3. The van der Waals surface area contributed by atoms with E-state index in [1.165, 1.54) is 0 Å². The van der Waals surface area contributed by atoms with Crippen molar-refractivity contribution in [2.45, 2.75) is 25.8 Å². The molecule has 0 aliphatic carbocycles. The second kappa shape index (κ2) is 5.84. The van der Waals surface area contributed by atoms with Crippen LogP contribution in [0.4, 0.5) is 8.78 Å². The number of aromatic nitrogens is 3. The van der Waals surface area contributed by atoms with Gasteiger partial charge < -0.3 is 4.57 Å². The molecule has 0 atom stereocenters. The minimum absolute atomic E-state index is 0.0271. The summed E-state index contributed by atoms with van der Waals surface area (Å²) >= 11 is 11.3. The highest BCUT2D eigenvalue weighted by Crippen LogP contribution is 2.27. The molecule has 19 heavy (non-hydrogen) atoms. The van der Waals surface area contributed by atoms with Gasteiger partial charge in [0.05, 0.1) is 16.5 Å². The summed E-state index contributed by atoms with van der Waals surface area (Å²) in [5, 5.41) is 7.50. The zero-order valence-electron chi connectivity index (χ0n) is 10.1. The molecular formula is C12H11Cl2F2N3. The van der Waals surface area contributed by atoms with Crippen LogP contribution in [0.2, 0.25) is 5.02 Å². The van der Waals surface area contributed by atoms with E-state index in [1.54, 1.807) is 4.57 Å². The molecule has 0 aliphatic rings. The summed E-state index contributed by atoms with van der Waals surface area (Å²) in [5.74, 6) is -0.405. The smallest absolute Gasteiger partial charge is 0.167 e. The summed E-state index contributed by atoms with van der Waals surface area (Å²) in [7, 11) is 0. The summed E-state index contributed by atoms with van der Waals surface area (Å²) in [6.45, 7) is 2.54. The third-order valence-corrected chi connectivity index (χ3v) is 3.17. The van der Waals surface area contributed by atoms with Gasteiger partial charge in [-0.15, -0.1) is 21.8 Å². The van der Waals surface area contributed by atoms with E-state index in [0.29, 0.717) is 12.4 Å². The Morgan fingerprint density at radius 3 is 2.58 bits per heavy atom. The summed E-state index contributed by atoms with van der Waals surface area (Å²) < 4.78 is 29.0. The highest BCUT2D eigenvalue weighted by atomic mass is 35.5. The fourth-order valence-corrected chi connectivity index (χ4v) is 2.13. The predicted octanol–water partition coefficient (Wildman–Crippen LogP) is 4.03. The third-order valence-electron chi connectivity index (χ3n) is 2.64. The normalized spacial score (nSPS) is 11.0. The Bertz CT molecular complexity index is 599. The van der Waals surface area contributed by atoms with Crippen molar-refractivity contribution in [3.8, 4) is 11.4 Å². The van der Waals surface area contributed by atoms with Gasteiger partial charge in [-0.1, -0.05) is 18.5 Å². The monoisotopic (exact) mass is 305 g/mol. The molecule has 0 saturated carbocycles. The third kappa shape index (κ3) is 2.72. The van der Waals surface area contributed by atoms with Crippen LogP contribution in [0.5, 0.6) is 0 Å². The maximum Gasteiger partial charge on any atom is 0.167 e. The van der Waals surface area contributed by atoms with E-state index >= 15 is 0 Å². The van der Waals surface area contributed by atoms with Crippen LogP contribution in [0.1, 0.15) is 19.2 Å². The molecule has 0 amide bonds. The number of rotatable bonds is 4. The van der Waals surface area contributed by atoms with E-state index in [4.69, 9.17) is 23.2 Å². The molecule has 0 aliphatic heterocycles. The Kier molecular flexibility index (Phi) is 4.37. The van der Waals surface area contributed by atoms with Gasteiger partial charge in [-0.2, -0.15) is 0 Å². The fraction of sp³-hybridized carbons (Fsp3) is 0.333. The molecule has 0 N–H and O–H groups in total. The average molecular weight is 306 g/mol. The number of hydrogen-bond donors (Lipinski definition) is 0. The van der Waals surface area contributed by atoms with Gasteiger partial charge in [0.1, 0.15) is 17.5 Å².